The molecule has 3 atom stereocenters. The summed E-state index contributed by atoms with van der Waals surface area (Å²) in [7, 11) is 1.62. The molecule has 0 aliphatic carbocycles. The Morgan fingerprint density at radius 1 is 0.443 bits per heavy atom. The molecule has 0 aliphatic rings. The second kappa shape index (κ2) is 60.5. The molecule has 1 amide bonds. The number of carbonyl (C=O) groups is 1. The van der Waals surface area contributed by atoms with E-state index in [9.17, 15) is 19.4 Å². The van der Waals surface area contributed by atoms with Gasteiger partial charge in [0.15, 0.2) is 0 Å². The Hall–Kier alpha value is -2.06. The first kappa shape index (κ1) is 76.9. The number of nitrogens with one attached hydrogen (secondary N) is 1. The van der Waals surface area contributed by atoms with Crippen molar-refractivity contribution in [1.29, 1.82) is 0 Å². The first-order chi connectivity index (χ1) is 38.5. The molecule has 3 unspecified atom stereocenters. The SMILES string of the molecule is CC/C=C\C/C=C\C/C=C\C/C=C\C/C=C\C/C=C\CCCCCCCCCCCCCCC(=O)NC(COP(=O)(O)OCC[N+](C)(C)C)C(O)CCCCCCCCCCCCCCCCCCCCCCCCCCCC. The molecule has 3 N–H and O–H groups in total. The van der Waals surface area contributed by atoms with E-state index in [4.69, 9.17) is 9.05 Å². The van der Waals surface area contributed by atoms with Gasteiger partial charge in [-0.1, -0.05) is 318 Å². The zero-order valence-electron chi connectivity index (χ0n) is 52.9. The summed E-state index contributed by atoms with van der Waals surface area (Å²) in [6, 6.07) is -0.767. The maximum atomic E-state index is 13.1. The average Bonchev–Trinajstić information content (AvgIpc) is 3.42. The number of aliphatic hydroxyl groups excluding tert-OH is 1. The van der Waals surface area contributed by atoms with Gasteiger partial charge in [0, 0.05) is 6.42 Å². The fourth-order valence-corrected chi connectivity index (χ4v) is 10.7. The molecular formula is C70H132N2O6P+. The van der Waals surface area contributed by atoms with E-state index in [-0.39, 0.29) is 19.1 Å². The van der Waals surface area contributed by atoms with Gasteiger partial charge in [-0.15, -0.1) is 0 Å². The molecule has 0 heterocycles. The molecule has 0 saturated heterocycles. The molecule has 0 fully saturated rings. The van der Waals surface area contributed by atoms with Crippen molar-refractivity contribution < 1.29 is 32.9 Å². The van der Waals surface area contributed by atoms with E-state index in [0.717, 1.165) is 77.0 Å². The second-order valence-electron chi connectivity index (χ2n) is 24.2. The molecule has 0 spiro atoms. The molecule has 79 heavy (non-hydrogen) atoms. The minimum Gasteiger partial charge on any atom is -0.391 e. The number of allylic oxidation sites excluding steroid dienone is 12. The third-order valence-corrected chi connectivity index (χ3v) is 16.2. The topological polar surface area (TPSA) is 105 Å². The third kappa shape index (κ3) is 63.4. The van der Waals surface area contributed by atoms with Gasteiger partial charge in [-0.25, -0.2) is 4.57 Å². The van der Waals surface area contributed by atoms with E-state index >= 15 is 0 Å². The van der Waals surface area contributed by atoms with Crippen molar-refractivity contribution in [3.05, 3.63) is 72.9 Å². The van der Waals surface area contributed by atoms with Crippen molar-refractivity contribution in [3.63, 3.8) is 0 Å². The van der Waals surface area contributed by atoms with Crippen LogP contribution in [0.3, 0.4) is 0 Å². The largest absolute Gasteiger partial charge is 0.472 e. The summed E-state index contributed by atoms with van der Waals surface area (Å²) in [5, 5.41) is 14.1. The lowest BCUT2D eigenvalue weighted by molar-refractivity contribution is -0.870. The number of carbonyl (C=O) groups excluding carboxylic acids is 1. The van der Waals surface area contributed by atoms with Gasteiger partial charge in [-0.05, 0) is 64.2 Å². The molecule has 0 bridgehead atoms. The van der Waals surface area contributed by atoms with Crippen LogP contribution in [-0.4, -0.2) is 73.4 Å². The Morgan fingerprint density at radius 3 is 1.11 bits per heavy atom. The van der Waals surface area contributed by atoms with Crippen LogP contribution in [0.5, 0.6) is 0 Å². The number of likely N-dealkylation sites (N-methyl/N-ethyl adjacent to an activating group) is 1. The molecule has 0 radical (unpaired) electrons. The number of nitrogens with zero attached hydrogens (tertiary/aromatic N) is 1. The van der Waals surface area contributed by atoms with Crippen molar-refractivity contribution >= 4 is 13.7 Å². The van der Waals surface area contributed by atoms with Crippen LogP contribution < -0.4 is 5.32 Å². The summed E-state index contributed by atoms with van der Waals surface area (Å²) in [6.07, 6.45) is 84.1. The van der Waals surface area contributed by atoms with E-state index in [1.807, 2.05) is 21.1 Å². The highest BCUT2D eigenvalue weighted by atomic mass is 31.2. The summed E-state index contributed by atoms with van der Waals surface area (Å²) in [5.74, 6) is -0.145. The monoisotopic (exact) mass is 1130 g/mol. The predicted molar refractivity (Wildman–Crippen MR) is 346 cm³/mol. The van der Waals surface area contributed by atoms with E-state index < -0.39 is 20.0 Å². The number of aliphatic hydroxyl groups is 1. The zero-order valence-corrected chi connectivity index (χ0v) is 53.8. The molecule has 0 aliphatic heterocycles. The van der Waals surface area contributed by atoms with Gasteiger partial charge >= 0.3 is 7.82 Å². The fraction of sp³-hybridized carbons (Fsp3) is 0.814. The molecule has 9 heteroatoms. The highest BCUT2D eigenvalue weighted by Gasteiger charge is 2.28. The summed E-state index contributed by atoms with van der Waals surface area (Å²) in [6.45, 7) is 4.81. The molecule has 0 saturated carbocycles. The van der Waals surface area contributed by atoms with Crippen LogP contribution in [-0.2, 0) is 18.4 Å². The first-order valence-electron chi connectivity index (χ1n) is 33.8. The molecule has 462 valence electrons. The maximum absolute atomic E-state index is 13.1. The normalized spacial score (nSPS) is 14.2. The molecule has 8 nitrogen and oxygen atoms in total. The lowest BCUT2D eigenvalue weighted by Gasteiger charge is -2.26. The lowest BCUT2D eigenvalue weighted by atomic mass is 10.0. The average molecular weight is 1130 g/mol. The van der Waals surface area contributed by atoms with Gasteiger partial charge in [0.05, 0.1) is 39.9 Å². The summed E-state index contributed by atoms with van der Waals surface area (Å²) >= 11 is 0. The zero-order chi connectivity index (χ0) is 57.7. The first-order valence-corrected chi connectivity index (χ1v) is 35.3. The van der Waals surface area contributed by atoms with Crippen LogP contribution in [0.25, 0.3) is 0 Å². The van der Waals surface area contributed by atoms with Gasteiger partial charge < -0.3 is 19.8 Å². The van der Waals surface area contributed by atoms with Crippen LogP contribution >= 0.6 is 7.82 Å². The third-order valence-electron chi connectivity index (χ3n) is 15.2. The molecular weight excluding hydrogens is 996 g/mol. The van der Waals surface area contributed by atoms with Gasteiger partial charge in [-0.3, -0.25) is 13.8 Å². The number of quaternary nitrogens is 1. The van der Waals surface area contributed by atoms with Gasteiger partial charge in [0.1, 0.15) is 13.2 Å². The number of phosphoric acid groups is 1. The van der Waals surface area contributed by atoms with E-state index in [2.05, 4.69) is 92.1 Å². The minimum atomic E-state index is -4.33. The summed E-state index contributed by atoms with van der Waals surface area (Å²) in [4.78, 5) is 23.4. The number of hydrogen-bond acceptors (Lipinski definition) is 5. The van der Waals surface area contributed by atoms with Gasteiger partial charge in [0.2, 0.25) is 5.91 Å². The Balaban J connectivity index is 4.08. The molecule has 0 rings (SSSR count). The highest BCUT2D eigenvalue weighted by Crippen LogP contribution is 2.43. The molecule has 0 aromatic rings. The molecule has 0 aromatic heterocycles. The summed E-state index contributed by atoms with van der Waals surface area (Å²) in [5.41, 5.74) is 0. The van der Waals surface area contributed by atoms with Crippen molar-refractivity contribution in [3.8, 4) is 0 Å². The quantitative estimate of drug-likeness (QED) is 0.0243. The Kier molecular flexibility index (Phi) is 59.0. The Labute approximate surface area is 491 Å². The number of amides is 1. The molecule has 0 aromatic carbocycles. The van der Waals surface area contributed by atoms with Crippen molar-refractivity contribution in [2.45, 2.75) is 328 Å². The second-order valence-corrected chi connectivity index (χ2v) is 25.6. The number of hydrogen-bond donors (Lipinski definition) is 3. The van der Waals surface area contributed by atoms with Crippen LogP contribution in [0.4, 0.5) is 0 Å². The number of rotatable bonds is 62. The Morgan fingerprint density at radius 2 is 0.759 bits per heavy atom. The van der Waals surface area contributed by atoms with E-state index in [1.165, 1.54) is 212 Å². The van der Waals surface area contributed by atoms with Crippen molar-refractivity contribution in [1.82, 2.24) is 5.32 Å². The number of phosphoric ester groups is 1. The van der Waals surface area contributed by atoms with Crippen molar-refractivity contribution in [2.24, 2.45) is 0 Å². The van der Waals surface area contributed by atoms with Crippen LogP contribution in [0.15, 0.2) is 72.9 Å². The standard InChI is InChI=1S/C70H131N2O6P/c1-6-8-10-12-14-16-18-20-22-24-26-28-30-32-34-35-36-37-38-40-42-44-46-48-50-52-54-56-58-60-62-64-70(74)71-68(67-78-79(75,76)77-66-65-72(3,4)5)69(73)63-61-59-57-55-53-51-49-47-45-43-41-39-33-31-29-27-25-23-21-19-17-15-13-11-9-7-2/h8,10,14,16,20,22,26,28,32,34,36-37,68-69,73H,6-7,9,11-13,15,17-19,21,23-25,27,29-31,33,35,38-67H2,1-5H3,(H-,71,74,75,76)/p+1/b10-8-,16-14-,22-20-,28-26-,34-32-,37-36-. The van der Waals surface area contributed by atoms with Crippen LogP contribution in [0.1, 0.15) is 316 Å². The van der Waals surface area contributed by atoms with Gasteiger partial charge in [0.25, 0.3) is 0 Å². The van der Waals surface area contributed by atoms with Crippen LogP contribution in [0.2, 0.25) is 0 Å². The Bertz CT molecular complexity index is 1520. The fourth-order valence-electron chi connectivity index (χ4n) is 10.00. The number of unbranched alkanes of at least 4 members (excludes halogenated alkanes) is 37. The maximum Gasteiger partial charge on any atom is 0.472 e. The van der Waals surface area contributed by atoms with Crippen molar-refractivity contribution in [2.75, 3.05) is 40.9 Å². The van der Waals surface area contributed by atoms with E-state index in [0.29, 0.717) is 23.9 Å². The summed E-state index contributed by atoms with van der Waals surface area (Å²) < 4.78 is 23.9. The predicted octanol–water partition coefficient (Wildman–Crippen LogP) is 21.4. The lowest BCUT2D eigenvalue weighted by Crippen LogP contribution is -2.46. The highest BCUT2D eigenvalue weighted by molar-refractivity contribution is 7.47. The van der Waals surface area contributed by atoms with E-state index in [1.54, 1.807) is 0 Å². The van der Waals surface area contributed by atoms with Crippen LogP contribution in [0, 0.1) is 0 Å². The smallest absolute Gasteiger partial charge is 0.391 e. The minimum absolute atomic E-state index is 0.0727. The van der Waals surface area contributed by atoms with Gasteiger partial charge in [-0.2, -0.15) is 0 Å².